The van der Waals surface area contributed by atoms with Gasteiger partial charge in [-0.25, -0.2) is 10.2 Å². The zero-order valence-electron chi connectivity index (χ0n) is 11.6. The molecule has 21 heavy (non-hydrogen) atoms. The zero-order chi connectivity index (χ0) is 16.2. The second-order valence-electron chi connectivity index (χ2n) is 4.99. The molecule has 0 aromatic heterocycles. The summed E-state index contributed by atoms with van der Waals surface area (Å²) in [5, 5.41) is 24.1. The molecule has 0 aliphatic rings. The molecule has 9 heteroatoms. The van der Waals surface area contributed by atoms with Crippen molar-refractivity contribution in [1.29, 1.82) is 0 Å². The van der Waals surface area contributed by atoms with E-state index in [1.54, 1.807) is 20.8 Å². The number of nitro groups is 1. The topological polar surface area (TPSA) is 114 Å². The van der Waals surface area contributed by atoms with Crippen LogP contribution in [0, 0.1) is 10.1 Å². The van der Waals surface area contributed by atoms with Crippen LogP contribution in [0.1, 0.15) is 26.3 Å². The number of nitro benzene ring substituents is 1. The highest BCUT2D eigenvalue weighted by molar-refractivity contribution is 9.10. The number of hydrogen-bond acceptors (Lipinski definition) is 6. The molecule has 1 amide bonds. The molecule has 8 nitrogen and oxygen atoms in total. The largest absolute Gasteiger partial charge is 0.502 e. The van der Waals surface area contributed by atoms with Gasteiger partial charge in [0.2, 0.25) is 5.75 Å². The minimum Gasteiger partial charge on any atom is -0.502 e. The SMILES string of the molecule is CC(C)(C)OC(=O)NN=Cc1cc(Br)cc([N+](=O)[O-])c1O. The molecular formula is C12H14BrN3O5. The molecule has 114 valence electrons. The molecule has 0 atom stereocenters. The average Bonchev–Trinajstić information content (AvgIpc) is 2.30. The highest BCUT2D eigenvalue weighted by atomic mass is 79.9. The Morgan fingerprint density at radius 1 is 1.52 bits per heavy atom. The van der Waals surface area contributed by atoms with Gasteiger partial charge in [-0.2, -0.15) is 5.10 Å². The number of aromatic hydroxyl groups is 1. The van der Waals surface area contributed by atoms with E-state index < -0.39 is 28.1 Å². The molecule has 0 aliphatic carbocycles. The van der Waals surface area contributed by atoms with Crippen LogP contribution in [0.3, 0.4) is 0 Å². The highest BCUT2D eigenvalue weighted by Crippen LogP contribution is 2.32. The predicted molar refractivity (Wildman–Crippen MR) is 79.4 cm³/mol. The van der Waals surface area contributed by atoms with Gasteiger partial charge >= 0.3 is 11.8 Å². The summed E-state index contributed by atoms with van der Waals surface area (Å²) in [5.74, 6) is -0.544. The van der Waals surface area contributed by atoms with E-state index in [-0.39, 0.29) is 5.56 Å². The van der Waals surface area contributed by atoms with Crippen LogP contribution in [0.5, 0.6) is 5.75 Å². The fourth-order valence-electron chi connectivity index (χ4n) is 1.30. The summed E-state index contributed by atoms with van der Waals surface area (Å²) < 4.78 is 5.34. The molecule has 0 bridgehead atoms. The standard InChI is InChI=1S/C12H14BrN3O5/c1-12(2,3)21-11(18)15-14-6-7-4-8(13)5-9(10(7)17)16(19)20/h4-6,17H,1-3H3,(H,15,18). The molecule has 0 fully saturated rings. The summed E-state index contributed by atoms with van der Waals surface area (Å²) in [6.45, 7) is 5.08. The second-order valence-corrected chi connectivity index (χ2v) is 5.91. The first-order valence-corrected chi connectivity index (χ1v) is 6.58. The van der Waals surface area contributed by atoms with Crippen LogP contribution in [0.4, 0.5) is 10.5 Å². The number of carbonyl (C=O) groups is 1. The Balaban J connectivity index is 2.86. The lowest BCUT2D eigenvalue weighted by Crippen LogP contribution is -2.29. The van der Waals surface area contributed by atoms with Gasteiger partial charge in [-0.05, 0) is 26.8 Å². The molecule has 0 radical (unpaired) electrons. The average molecular weight is 360 g/mol. The molecule has 0 unspecified atom stereocenters. The fourth-order valence-corrected chi connectivity index (χ4v) is 1.76. The molecule has 2 N–H and O–H groups in total. The maximum atomic E-state index is 11.3. The molecule has 1 aromatic carbocycles. The number of nitrogens with one attached hydrogen (secondary N) is 1. The summed E-state index contributed by atoms with van der Waals surface area (Å²) in [6, 6.07) is 2.58. The number of rotatable bonds is 3. The smallest absolute Gasteiger partial charge is 0.428 e. The van der Waals surface area contributed by atoms with Crippen molar-refractivity contribution >= 4 is 33.9 Å². The van der Waals surface area contributed by atoms with Gasteiger partial charge in [-0.3, -0.25) is 10.1 Å². The maximum Gasteiger partial charge on any atom is 0.428 e. The summed E-state index contributed by atoms with van der Waals surface area (Å²) in [5.41, 5.74) is 1.03. The summed E-state index contributed by atoms with van der Waals surface area (Å²) in [6.07, 6.45) is 0.305. The number of carbonyl (C=O) groups excluding carboxylic acids is 1. The summed E-state index contributed by atoms with van der Waals surface area (Å²) >= 11 is 3.09. The maximum absolute atomic E-state index is 11.3. The van der Waals surface area contributed by atoms with Crippen LogP contribution in [0.15, 0.2) is 21.7 Å². The van der Waals surface area contributed by atoms with E-state index in [1.165, 1.54) is 6.07 Å². The molecule has 0 saturated carbocycles. The molecule has 0 aliphatic heterocycles. The van der Waals surface area contributed by atoms with Gasteiger partial charge in [0.15, 0.2) is 0 Å². The van der Waals surface area contributed by atoms with E-state index in [9.17, 15) is 20.0 Å². The van der Waals surface area contributed by atoms with Crippen LogP contribution < -0.4 is 5.43 Å². The second kappa shape index (κ2) is 6.53. The van der Waals surface area contributed by atoms with Crippen LogP contribution >= 0.6 is 15.9 Å². The first kappa shape index (κ1) is 16.9. The Bertz CT molecular complexity index is 595. The third kappa shape index (κ3) is 5.38. The van der Waals surface area contributed by atoms with E-state index in [0.717, 1.165) is 12.3 Å². The van der Waals surface area contributed by atoms with E-state index in [0.29, 0.717) is 4.47 Å². The molecular weight excluding hydrogens is 346 g/mol. The number of benzene rings is 1. The van der Waals surface area contributed by atoms with Crippen LogP contribution in [0.25, 0.3) is 0 Å². The van der Waals surface area contributed by atoms with Crippen molar-refractivity contribution in [1.82, 2.24) is 5.43 Å². The van der Waals surface area contributed by atoms with Gasteiger partial charge < -0.3 is 9.84 Å². The molecule has 1 rings (SSSR count). The first-order valence-electron chi connectivity index (χ1n) is 5.79. The fraction of sp³-hybridized carbons (Fsp3) is 0.333. The molecule has 1 aromatic rings. The van der Waals surface area contributed by atoms with Crippen molar-refractivity contribution < 1.29 is 19.6 Å². The van der Waals surface area contributed by atoms with E-state index in [2.05, 4.69) is 26.5 Å². The van der Waals surface area contributed by atoms with Gasteiger partial charge in [0.05, 0.1) is 11.1 Å². The number of hydrazone groups is 1. The minimum absolute atomic E-state index is 0.0760. The van der Waals surface area contributed by atoms with E-state index >= 15 is 0 Å². The molecule has 0 saturated heterocycles. The predicted octanol–water partition coefficient (Wildman–Crippen LogP) is 2.92. The van der Waals surface area contributed by atoms with Crippen molar-refractivity contribution in [3.63, 3.8) is 0 Å². The Morgan fingerprint density at radius 3 is 2.67 bits per heavy atom. The van der Waals surface area contributed by atoms with Gasteiger partial charge in [0.25, 0.3) is 0 Å². The molecule has 0 spiro atoms. The number of hydrogen-bond donors (Lipinski definition) is 2. The van der Waals surface area contributed by atoms with Crippen LogP contribution in [-0.4, -0.2) is 27.9 Å². The first-order chi connectivity index (χ1) is 9.60. The normalized spacial score (nSPS) is 11.4. The minimum atomic E-state index is -0.775. The van der Waals surface area contributed by atoms with Crippen molar-refractivity contribution in [3.8, 4) is 5.75 Å². The number of nitrogens with zero attached hydrogens (tertiary/aromatic N) is 2. The van der Waals surface area contributed by atoms with Crippen molar-refractivity contribution in [2.45, 2.75) is 26.4 Å². The van der Waals surface area contributed by atoms with Gasteiger partial charge in [-0.1, -0.05) is 15.9 Å². The summed E-state index contributed by atoms with van der Waals surface area (Å²) in [7, 11) is 0. The third-order valence-corrected chi connectivity index (χ3v) is 2.50. The number of phenolic OH excluding ortho intramolecular Hbond substituents is 1. The zero-order valence-corrected chi connectivity index (χ0v) is 13.2. The highest BCUT2D eigenvalue weighted by Gasteiger charge is 2.18. The van der Waals surface area contributed by atoms with Crippen molar-refractivity contribution in [2.24, 2.45) is 5.10 Å². The Morgan fingerprint density at radius 2 is 2.14 bits per heavy atom. The lowest BCUT2D eigenvalue weighted by Gasteiger charge is -2.18. The van der Waals surface area contributed by atoms with Crippen molar-refractivity contribution in [3.05, 3.63) is 32.3 Å². The number of halogens is 1. The monoisotopic (exact) mass is 359 g/mol. The van der Waals surface area contributed by atoms with Gasteiger partial charge in [0.1, 0.15) is 5.60 Å². The third-order valence-electron chi connectivity index (χ3n) is 2.04. The number of amides is 1. The van der Waals surface area contributed by atoms with E-state index in [4.69, 9.17) is 4.74 Å². The Hall–Kier alpha value is -2.16. The van der Waals surface area contributed by atoms with Crippen LogP contribution in [-0.2, 0) is 4.74 Å². The lowest BCUT2D eigenvalue weighted by molar-refractivity contribution is -0.385. The van der Waals surface area contributed by atoms with E-state index in [1.807, 2.05) is 0 Å². The van der Waals surface area contributed by atoms with Crippen LogP contribution in [0.2, 0.25) is 0 Å². The quantitative estimate of drug-likeness (QED) is 0.489. The Kier molecular flexibility index (Phi) is 5.25. The van der Waals surface area contributed by atoms with Gasteiger partial charge in [0, 0.05) is 16.1 Å². The number of ether oxygens (including phenoxy) is 1. The molecule has 0 heterocycles. The lowest BCUT2D eigenvalue weighted by atomic mass is 10.2. The Labute approximate surface area is 129 Å². The summed E-state index contributed by atoms with van der Waals surface area (Å²) in [4.78, 5) is 21.4. The van der Waals surface area contributed by atoms with Crippen molar-refractivity contribution in [2.75, 3.05) is 0 Å². The van der Waals surface area contributed by atoms with Gasteiger partial charge in [-0.15, -0.1) is 0 Å². The number of phenols is 1.